The Kier molecular flexibility index (Phi) is 5.66. The predicted octanol–water partition coefficient (Wildman–Crippen LogP) is 2.31. The maximum absolute atomic E-state index is 13.3. The van der Waals surface area contributed by atoms with E-state index in [4.69, 9.17) is 0 Å². The molecule has 3 aliphatic rings. The molecule has 7 heteroatoms. The van der Waals surface area contributed by atoms with Gasteiger partial charge in [0.1, 0.15) is 5.54 Å². The lowest BCUT2D eigenvalue weighted by atomic mass is 9.83. The molecule has 172 valence electrons. The number of nitrogens with one attached hydrogen (secondary N) is 1. The minimum absolute atomic E-state index is 0.000317. The van der Waals surface area contributed by atoms with Gasteiger partial charge < -0.3 is 15.1 Å². The van der Waals surface area contributed by atoms with E-state index in [2.05, 4.69) is 10.2 Å². The van der Waals surface area contributed by atoms with Gasteiger partial charge in [0.25, 0.3) is 11.8 Å². The molecular weight excluding hydrogens is 416 g/mol. The van der Waals surface area contributed by atoms with E-state index in [9.17, 15) is 14.4 Å². The van der Waals surface area contributed by atoms with Crippen LogP contribution in [0.5, 0.6) is 0 Å². The van der Waals surface area contributed by atoms with Crippen LogP contribution in [0.1, 0.15) is 34.3 Å². The number of piperazine rings is 1. The smallest absolute Gasteiger partial charge is 0.253 e. The molecule has 3 heterocycles. The van der Waals surface area contributed by atoms with Crippen LogP contribution >= 0.6 is 0 Å². The Labute approximate surface area is 194 Å². The molecule has 3 amide bonds. The minimum Gasteiger partial charge on any atom is -0.336 e. The molecule has 7 nitrogen and oxygen atoms in total. The topological polar surface area (TPSA) is 73.0 Å². The van der Waals surface area contributed by atoms with E-state index in [1.54, 1.807) is 0 Å². The number of hydrogen-bond acceptors (Lipinski definition) is 4. The largest absolute Gasteiger partial charge is 0.336 e. The van der Waals surface area contributed by atoms with Gasteiger partial charge in [0, 0.05) is 50.4 Å². The van der Waals surface area contributed by atoms with Crippen LogP contribution in [0.25, 0.3) is 0 Å². The van der Waals surface area contributed by atoms with E-state index in [0.717, 1.165) is 23.2 Å². The Morgan fingerprint density at radius 2 is 1.70 bits per heavy atom. The lowest BCUT2D eigenvalue weighted by Gasteiger charge is -2.42. The highest BCUT2D eigenvalue weighted by Gasteiger charge is 2.51. The van der Waals surface area contributed by atoms with Gasteiger partial charge in [0.05, 0.1) is 6.54 Å². The Morgan fingerprint density at radius 3 is 2.45 bits per heavy atom. The quantitative estimate of drug-likeness (QED) is 0.785. The van der Waals surface area contributed by atoms with E-state index < -0.39 is 5.54 Å². The summed E-state index contributed by atoms with van der Waals surface area (Å²) < 4.78 is 0. The van der Waals surface area contributed by atoms with Crippen molar-refractivity contribution in [1.82, 2.24) is 14.7 Å². The molecule has 1 N–H and O–H groups in total. The van der Waals surface area contributed by atoms with E-state index in [1.807, 2.05) is 65.3 Å². The van der Waals surface area contributed by atoms with Crippen molar-refractivity contribution in [1.29, 1.82) is 0 Å². The van der Waals surface area contributed by atoms with Crippen LogP contribution in [0.3, 0.4) is 0 Å². The molecule has 3 aliphatic heterocycles. The third-order valence-corrected chi connectivity index (χ3v) is 7.28. The fraction of sp³-hybridized carbons (Fsp3) is 0.423. The monoisotopic (exact) mass is 446 g/mol. The Balaban J connectivity index is 1.21. The molecule has 33 heavy (non-hydrogen) atoms. The molecule has 2 saturated heterocycles. The summed E-state index contributed by atoms with van der Waals surface area (Å²) in [5, 5.41) is 3.03. The van der Waals surface area contributed by atoms with Crippen molar-refractivity contribution in [2.45, 2.75) is 31.7 Å². The molecule has 0 aromatic heterocycles. The summed E-state index contributed by atoms with van der Waals surface area (Å²) in [6, 6.07) is 15.5. The molecule has 1 unspecified atom stereocenters. The Bertz CT molecular complexity index is 1080. The molecule has 0 aliphatic carbocycles. The van der Waals surface area contributed by atoms with Gasteiger partial charge >= 0.3 is 0 Å². The minimum atomic E-state index is -0.783. The van der Waals surface area contributed by atoms with Crippen LogP contribution in [0.4, 0.5) is 5.69 Å². The maximum atomic E-state index is 13.3. The zero-order valence-electron chi connectivity index (χ0n) is 19.0. The lowest BCUT2D eigenvalue weighted by molar-refractivity contribution is -0.144. The van der Waals surface area contributed by atoms with Crippen LogP contribution in [-0.2, 0) is 16.0 Å². The highest BCUT2D eigenvalue weighted by Crippen LogP contribution is 2.39. The zero-order chi connectivity index (χ0) is 23.0. The molecule has 0 saturated carbocycles. The van der Waals surface area contributed by atoms with Crippen molar-refractivity contribution in [2.75, 3.05) is 44.6 Å². The number of anilines is 1. The fourth-order valence-corrected chi connectivity index (χ4v) is 5.36. The van der Waals surface area contributed by atoms with Crippen LogP contribution in [0.2, 0.25) is 0 Å². The van der Waals surface area contributed by atoms with Crippen molar-refractivity contribution in [3.05, 3.63) is 65.2 Å². The highest BCUT2D eigenvalue weighted by molar-refractivity contribution is 6.04. The van der Waals surface area contributed by atoms with Crippen molar-refractivity contribution in [3.8, 4) is 0 Å². The number of para-hydroxylation sites is 1. The van der Waals surface area contributed by atoms with Gasteiger partial charge in [-0.15, -0.1) is 0 Å². The number of carbonyl (C=O) groups excluding carboxylic acids is 3. The molecule has 0 radical (unpaired) electrons. The summed E-state index contributed by atoms with van der Waals surface area (Å²) in [5.41, 5.74) is 2.98. The fourth-order valence-electron chi connectivity index (χ4n) is 5.36. The van der Waals surface area contributed by atoms with Gasteiger partial charge in [-0.25, -0.2) is 0 Å². The number of aryl methyl sites for hydroxylation is 1. The molecule has 1 spiro atoms. The second kappa shape index (κ2) is 8.63. The van der Waals surface area contributed by atoms with E-state index >= 15 is 0 Å². The normalized spacial score (nSPS) is 22.9. The summed E-state index contributed by atoms with van der Waals surface area (Å²) in [7, 11) is 0. The number of amides is 3. The van der Waals surface area contributed by atoms with E-state index in [0.29, 0.717) is 51.1 Å². The Hall–Kier alpha value is -3.19. The molecule has 2 fully saturated rings. The number of fused-ring (bicyclic) bond motifs is 1. The molecule has 5 rings (SSSR count). The molecular formula is C26H30N4O3. The average molecular weight is 447 g/mol. The Morgan fingerprint density at radius 1 is 0.970 bits per heavy atom. The van der Waals surface area contributed by atoms with E-state index in [-0.39, 0.29) is 24.3 Å². The summed E-state index contributed by atoms with van der Waals surface area (Å²) in [5.74, 6) is -0.0297. The van der Waals surface area contributed by atoms with Gasteiger partial charge in [0.15, 0.2) is 0 Å². The van der Waals surface area contributed by atoms with Gasteiger partial charge in [-0.3, -0.25) is 19.3 Å². The van der Waals surface area contributed by atoms with Crippen molar-refractivity contribution < 1.29 is 14.4 Å². The molecule has 1 atom stereocenters. The SMILES string of the molecule is Cc1ccc(C(=O)N2CCN(CC(=O)N3CCCC34Cc3ccccc3NC4=O)CC2)cc1. The second-order valence-electron chi connectivity index (χ2n) is 9.40. The zero-order valence-corrected chi connectivity index (χ0v) is 19.0. The number of benzene rings is 2. The lowest BCUT2D eigenvalue weighted by Crippen LogP contribution is -2.60. The van der Waals surface area contributed by atoms with Gasteiger partial charge in [0.2, 0.25) is 5.91 Å². The first-order chi connectivity index (χ1) is 16.0. The number of carbonyl (C=O) groups is 3. The molecule has 2 aromatic rings. The maximum Gasteiger partial charge on any atom is 0.253 e. The van der Waals surface area contributed by atoms with Crippen molar-refractivity contribution in [2.24, 2.45) is 0 Å². The van der Waals surface area contributed by atoms with Crippen LogP contribution < -0.4 is 5.32 Å². The van der Waals surface area contributed by atoms with Crippen LogP contribution in [0.15, 0.2) is 48.5 Å². The first kappa shape index (κ1) is 21.6. The standard InChI is InChI=1S/C26H30N4O3/c1-19-7-9-20(10-8-19)24(32)29-15-13-28(14-16-29)18-23(31)30-12-4-11-26(30)17-21-5-2-3-6-22(21)27-25(26)33/h2-3,5-10H,4,11-18H2,1H3,(H,27,33). The average Bonchev–Trinajstić information content (AvgIpc) is 3.25. The number of likely N-dealkylation sites (tertiary alicyclic amines) is 1. The summed E-state index contributed by atoms with van der Waals surface area (Å²) in [4.78, 5) is 45.0. The van der Waals surface area contributed by atoms with Gasteiger partial charge in [-0.1, -0.05) is 35.9 Å². The number of nitrogens with zero attached hydrogens (tertiary/aromatic N) is 3. The summed E-state index contributed by atoms with van der Waals surface area (Å²) in [6.45, 7) is 5.39. The summed E-state index contributed by atoms with van der Waals surface area (Å²) in [6.07, 6.45) is 2.09. The highest BCUT2D eigenvalue weighted by atomic mass is 16.2. The predicted molar refractivity (Wildman–Crippen MR) is 126 cm³/mol. The van der Waals surface area contributed by atoms with Crippen molar-refractivity contribution >= 4 is 23.4 Å². The first-order valence-corrected chi connectivity index (χ1v) is 11.7. The number of rotatable bonds is 3. The van der Waals surface area contributed by atoms with Crippen LogP contribution in [-0.4, -0.2) is 77.2 Å². The molecule has 2 aromatic carbocycles. The third kappa shape index (κ3) is 4.02. The van der Waals surface area contributed by atoms with Gasteiger partial charge in [-0.05, 0) is 43.5 Å². The third-order valence-electron chi connectivity index (χ3n) is 7.28. The molecule has 0 bridgehead atoms. The van der Waals surface area contributed by atoms with Crippen LogP contribution in [0, 0.1) is 6.92 Å². The first-order valence-electron chi connectivity index (χ1n) is 11.7. The van der Waals surface area contributed by atoms with E-state index in [1.165, 1.54) is 0 Å². The summed E-state index contributed by atoms with van der Waals surface area (Å²) >= 11 is 0. The second-order valence-corrected chi connectivity index (χ2v) is 9.40. The number of hydrogen-bond donors (Lipinski definition) is 1. The van der Waals surface area contributed by atoms with Gasteiger partial charge in [-0.2, -0.15) is 0 Å². The van der Waals surface area contributed by atoms with Crippen molar-refractivity contribution in [3.63, 3.8) is 0 Å².